The van der Waals surface area contributed by atoms with Crippen LogP contribution in [0.15, 0.2) is 29.1 Å². The highest BCUT2D eigenvalue weighted by Crippen LogP contribution is 2.36. The van der Waals surface area contributed by atoms with Gasteiger partial charge >= 0.3 is 0 Å². The maximum atomic E-state index is 12.5. The molecule has 26 heavy (non-hydrogen) atoms. The summed E-state index contributed by atoms with van der Waals surface area (Å²) in [6.07, 6.45) is 2.44. The van der Waals surface area contributed by atoms with E-state index in [0.29, 0.717) is 18.1 Å². The number of benzene rings is 1. The van der Waals surface area contributed by atoms with E-state index in [1.54, 1.807) is 17.0 Å². The molecule has 0 bridgehead atoms. The average molecular weight is 354 g/mol. The number of amides is 1. The van der Waals surface area contributed by atoms with Gasteiger partial charge in [0.2, 0.25) is 5.95 Å². The van der Waals surface area contributed by atoms with Gasteiger partial charge in [0.05, 0.1) is 12.3 Å². The third-order valence-electron chi connectivity index (χ3n) is 5.02. The Morgan fingerprint density at radius 1 is 1.31 bits per heavy atom. The number of ether oxygens (including phenoxy) is 1. The minimum Gasteiger partial charge on any atom is -0.493 e. The van der Waals surface area contributed by atoms with Crippen LogP contribution in [0.5, 0.6) is 5.75 Å². The molecule has 1 fully saturated rings. The van der Waals surface area contributed by atoms with Crippen molar-refractivity contribution in [3.63, 3.8) is 0 Å². The molecule has 7 heteroatoms. The lowest BCUT2D eigenvalue weighted by atomic mass is 9.78. The Bertz CT molecular complexity index is 900. The fourth-order valence-electron chi connectivity index (χ4n) is 3.46. The van der Waals surface area contributed by atoms with E-state index in [2.05, 4.69) is 15.3 Å². The van der Waals surface area contributed by atoms with Gasteiger partial charge in [-0.2, -0.15) is 0 Å². The number of aromatic nitrogens is 2. The van der Waals surface area contributed by atoms with Crippen LogP contribution >= 0.6 is 0 Å². The van der Waals surface area contributed by atoms with Gasteiger partial charge in [0.15, 0.2) is 0 Å². The van der Waals surface area contributed by atoms with Crippen molar-refractivity contribution in [3.05, 3.63) is 51.4 Å². The number of rotatable bonds is 4. The van der Waals surface area contributed by atoms with Crippen molar-refractivity contribution in [1.82, 2.24) is 15.3 Å². The summed E-state index contributed by atoms with van der Waals surface area (Å²) >= 11 is 0. The summed E-state index contributed by atoms with van der Waals surface area (Å²) in [5.74, 6) is 1.58. The number of hydrogen-bond donors (Lipinski definition) is 2. The quantitative estimate of drug-likeness (QED) is 0.868. The summed E-state index contributed by atoms with van der Waals surface area (Å²) in [6.45, 7) is 0.683. The maximum Gasteiger partial charge on any atom is 0.252 e. The molecule has 2 aromatic rings. The molecular formula is C19H22N4O3. The summed E-state index contributed by atoms with van der Waals surface area (Å²) in [6, 6.07) is 7.24. The molecule has 0 saturated heterocycles. The first-order valence-electron chi connectivity index (χ1n) is 8.85. The van der Waals surface area contributed by atoms with Gasteiger partial charge < -0.3 is 15.0 Å². The number of carbonyl (C=O) groups excluding carboxylic acids is 1. The molecule has 0 unspecified atom stereocenters. The summed E-state index contributed by atoms with van der Waals surface area (Å²) in [5, 5.41) is 3.07. The zero-order chi connectivity index (χ0) is 18.3. The molecule has 2 heterocycles. The molecule has 1 amide bonds. The SMILES string of the molecule is CN(C)c1nc(C2CC(NC(=O)c3ccc4c(c3)CCO4)C2)cc(=O)[nH]1. The molecule has 1 aliphatic carbocycles. The van der Waals surface area contributed by atoms with E-state index in [-0.39, 0.29) is 23.4 Å². The van der Waals surface area contributed by atoms with Gasteiger partial charge in [-0.15, -0.1) is 0 Å². The number of H-pyrrole nitrogens is 1. The van der Waals surface area contributed by atoms with Crippen LogP contribution in [0.1, 0.15) is 40.4 Å². The third-order valence-corrected chi connectivity index (χ3v) is 5.02. The molecule has 2 aliphatic rings. The van der Waals surface area contributed by atoms with Crippen molar-refractivity contribution in [3.8, 4) is 5.75 Å². The summed E-state index contributed by atoms with van der Waals surface area (Å²) in [4.78, 5) is 33.3. The normalized spacial score (nSPS) is 20.7. The Morgan fingerprint density at radius 2 is 2.12 bits per heavy atom. The first kappa shape index (κ1) is 16.6. The fraction of sp³-hybridized carbons (Fsp3) is 0.421. The van der Waals surface area contributed by atoms with Gasteiger partial charge in [0.25, 0.3) is 11.5 Å². The third kappa shape index (κ3) is 3.16. The van der Waals surface area contributed by atoms with E-state index in [4.69, 9.17) is 4.74 Å². The smallest absolute Gasteiger partial charge is 0.252 e. The van der Waals surface area contributed by atoms with E-state index >= 15 is 0 Å². The zero-order valence-corrected chi connectivity index (χ0v) is 14.9. The number of aromatic amines is 1. The van der Waals surface area contributed by atoms with Crippen LogP contribution in [-0.4, -0.2) is 42.6 Å². The van der Waals surface area contributed by atoms with Crippen LogP contribution in [0.3, 0.4) is 0 Å². The van der Waals surface area contributed by atoms with Crippen molar-refractivity contribution >= 4 is 11.9 Å². The first-order chi connectivity index (χ1) is 12.5. The van der Waals surface area contributed by atoms with Crippen LogP contribution in [0, 0.1) is 0 Å². The van der Waals surface area contributed by atoms with Crippen LogP contribution in [0.4, 0.5) is 5.95 Å². The second-order valence-corrected chi connectivity index (χ2v) is 7.15. The minimum absolute atomic E-state index is 0.0593. The molecule has 1 aromatic carbocycles. The van der Waals surface area contributed by atoms with Crippen LogP contribution in [0.25, 0.3) is 0 Å². The Hall–Kier alpha value is -2.83. The van der Waals surface area contributed by atoms with E-state index in [0.717, 1.165) is 36.3 Å². The molecule has 0 spiro atoms. The number of nitrogens with zero attached hydrogens (tertiary/aromatic N) is 2. The van der Waals surface area contributed by atoms with Gasteiger partial charge in [-0.25, -0.2) is 4.98 Å². The van der Waals surface area contributed by atoms with E-state index < -0.39 is 0 Å². The van der Waals surface area contributed by atoms with Crippen LogP contribution in [0.2, 0.25) is 0 Å². The summed E-state index contributed by atoms with van der Waals surface area (Å²) in [7, 11) is 3.68. The molecule has 1 aliphatic heterocycles. The van der Waals surface area contributed by atoms with Gasteiger partial charge in [-0.3, -0.25) is 14.6 Å². The van der Waals surface area contributed by atoms with Gasteiger partial charge in [0, 0.05) is 44.1 Å². The Kier molecular flexibility index (Phi) is 4.14. The largest absolute Gasteiger partial charge is 0.493 e. The van der Waals surface area contributed by atoms with Crippen LogP contribution < -0.4 is 20.5 Å². The highest BCUT2D eigenvalue weighted by atomic mass is 16.5. The Morgan fingerprint density at radius 3 is 2.88 bits per heavy atom. The zero-order valence-electron chi connectivity index (χ0n) is 14.9. The number of nitrogens with one attached hydrogen (secondary N) is 2. The molecule has 0 atom stereocenters. The highest BCUT2D eigenvalue weighted by Gasteiger charge is 2.33. The Balaban J connectivity index is 1.38. The lowest BCUT2D eigenvalue weighted by molar-refractivity contribution is 0.0908. The van der Waals surface area contributed by atoms with Crippen molar-refractivity contribution in [1.29, 1.82) is 0 Å². The van der Waals surface area contributed by atoms with Gasteiger partial charge in [-0.05, 0) is 36.6 Å². The fourth-order valence-corrected chi connectivity index (χ4v) is 3.46. The molecule has 2 N–H and O–H groups in total. The van der Waals surface area contributed by atoms with Gasteiger partial charge in [0.1, 0.15) is 5.75 Å². The lowest BCUT2D eigenvalue weighted by Gasteiger charge is -2.35. The summed E-state index contributed by atoms with van der Waals surface area (Å²) < 4.78 is 5.48. The maximum absolute atomic E-state index is 12.5. The lowest BCUT2D eigenvalue weighted by Crippen LogP contribution is -2.43. The second-order valence-electron chi connectivity index (χ2n) is 7.15. The number of carbonyl (C=O) groups is 1. The summed E-state index contributed by atoms with van der Waals surface area (Å²) in [5.41, 5.74) is 2.40. The molecule has 136 valence electrons. The van der Waals surface area contributed by atoms with Crippen molar-refractivity contribution in [2.45, 2.75) is 31.2 Å². The molecule has 7 nitrogen and oxygen atoms in total. The predicted molar refractivity (Wildman–Crippen MR) is 98.1 cm³/mol. The van der Waals surface area contributed by atoms with Crippen LogP contribution in [-0.2, 0) is 6.42 Å². The van der Waals surface area contributed by atoms with Crippen molar-refractivity contribution in [2.24, 2.45) is 0 Å². The number of hydrogen-bond acceptors (Lipinski definition) is 5. The molecule has 1 aromatic heterocycles. The molecule has 0 radical (unpaired) electrons. The number of fused-ring (bicyclic) bond motifs is 1. The van der Waals surface area contributed by atoms with Crippen molar-refractivity contribution < 1.29 is 9.53 Å². The number of anilines is 1. The average Bonchev–Trinajstić information content (AvgIpc) is 3.04. The molecule has 4 rings (SSSR count). The van der Waals surface area contributed by atoms with Crippen molar-refractivity contribution in [2.75, 3.05) is 25.6 Å². The molecular weight excluding hydrogens is 332 g/mol. The standard InChI is InChI=1S/C19H22N4O3/c1-23(2)19-21-15(10-17(24)22-19)13-8-14(9-13)20-18(25)12-3-4-16-11(7-12)5-6-26-16/h3-4,7,10,13-14H,5-6,8-9H2,1-2H3,(H,20,25)(H,21,22,24). The van der Waals surface area contributed by atoms with Gasteiger partial charge in [-0.1, -0.05) is 0 Å². The second kappa shape index (κ2) is 6.48. The highest BCUT2D eigenvalue weighted by molar-refractivity contribution is 5.94. The first-order valence-corrected chi connectivity index (χ1v) is 8.85. The van der Waals surface area contributed by atoms with E-state index in [1.165, 1.54) is 0 Å². The Labute approximate surface area is 151 Å². The molecule has 1 saturated carbocycles. The predicted octanol–water partition coefficient (Wildman–Crippen LogP) is 1.45. The monoisotopic (exact) mass is 354 g/mol. The minimum atomic E-state index is -0.147. The van der Waals surface area contributed by atoms with E-state index in [9.17, 15) is 9.59 Å². The topological polar surface area (TPSA) is 87.3 Å². The van der Waals surface area contributed by atoms with E-state index in [1.807, 2.05) is 26.2 Å².